The summed E-state index contributed by atoms with van der Waals surface area (Å²) in [5.41, 5.74) is 1.69. The Morgan fingerprint density at radius 2 is 2.04 bits per heavy atom. The summed E-state index contributed by atoms with van der Waals surface area (Å²) in [5, 5.41) is 3.35. The van der Waals surface area contributed by atoms with Crippen molar-refractivity contribution in [3.05, 3.63) is 35.1 Å². The number of likely N-dealkylation sites (tertiary alicyclic amines) is 1. The molecule has 0 spiro atoms. The molecule has 0 unspecified atom stereocenters. The van der Waals surface area contributed by atoms with E-state index in [2.05, 4.69) is 15.2 Å². The number of carbonyl (C=O) groups is 1. The van der Waals surface area contributed by atoms with Crippen LogP contribution < -0.4 is 5.32 Å². The summed E-state index contributed by atoms with van der Waals surface area (Å²) in [7, 11) is 5.60. The van der Waals surface area contributed by atoms with Gasteiger partial charge in [-0.25, -0.2) is 4.39 Å². The molecule has 2 rings (SSSR count). The number of aliphatic imine (C=N–C) groups is 1. The van der Waals surface area contributed by atoms with Crippen molar-refractivity contribution in [2.75, 3.05) is 40.8 Å². The molecule has 0 radical (unpaired) electrons. The van der Waals surface area contributed by atoms with Gasteiger partial charge in [0.15, 0.2) is 5.96 Å². The highest BCUT2D eigenvalue weighted by Gasteiger charge is 2.27. The Labute approximate surface area is 184 Å². The lowest BCUT2D eigenvalue weighted by Crippen LogP contribution is -2.46. The molecule has 0 atom stereocenters. The maximum atomic E-state index is 13.9. The number of rotatable bonds is 6. The second-order valence-electron chi connectivity index (χ2n) is 7.08. The molecule has 6 nitrogen and oxygen atoms in total. The van der Waals surface area contributed by atoms with Crippen LogP contribution in [-0.4, -0.2) is 62.6 Å². The molecule has 28 heavy (non-hydrogen) atoms. The average Bonchev–Trinajstić information content (AvgIpc) is 2.65. The van der Waals surface area contributed by atoms with Gasteiger partial charge in [0, 0.05) is 38.8 Å². The quantitative estimate of drug-likeness (QED) is 0.279. The fourth-order valence-corrected chi connectivity index (χ4v) is 3.30. The number of hydrogen-bond acceptors (Lipinski definition) is 4. The fourth-order valence-electron chi connectivity index (χ4n) is 3.30. The van der Waals surface area contributed by atoms with Gasteiger partial charge in [0.05, 0.1) is 12.5 Å². The van der Waals surface area contributed by atoms with E-state index in [1.165, 1.54) is 6.07 Å². The predicted molar refractivity (Wildman–Crippen MR) is 120 cm³/mol. The Morgan fingerprint density at radius 3 is 2.61 bits per heavy atom. The maximum Gasteiger partial charge on any atom is 0.309 e. The molecule has 1 heterocycles. The Kier molecular flexibility index (Phi) is 10.7. The standard InChI is InChI=1S/C20H31FN4O2.HI/c1-5-27-19(26)16-8-10-25(11-9-16)20(22-2)23-13-15-6-7-18(21)17(12-15)14-24(3)4;/h6-7,12,16H,5,8-11,13-14H2,1-4H3,(H,22,23);1H. The van der Waals surface area contributed by atoms with Crippen molar-refractivity contribution >= 4 is 35.9 Å². The lowest BCUT2D eigenvalue weighted by atomic mass is 9.97. The summed E-state index contributed by atoms with van der Waals surface area (Å²) in [5.74, 6) is 0.499. The van der Waals surface area contributed by atoms with E-state index in [-0.39, 0.29) is 41.7 Å². The monoisotopic (exact) mass is 506 g/mol. The number of nitrogens with one attached hydrogen (secondary N) is 1. The molecule has 1 aromatic rings. The van der Waals surface area contributed by atoms with Crippen LogP contribution in [0, 0.1) is 11.7 Å². The largest absolute Gasteiger partial charge is 0.466 e. The van der Waals surface area contributed by atoms with Crippen LogP contribution in [0.3, 0.4) is 0 Å². The molecule has 1 aromatic carbocycles. The number of ether oxygens (including phenoxy) is 1. The molecule has 0 saturated carbocycles. The van der Waals surface area contributed by atoms with Crippen molar-refractivity contribution in [3.63, 3.8) is 0 Å². The maximum absolute atomic E-state index is 13.9. The minimum Gasteiger partial charge on any atom is -0.466 e. The molecule has 8 heteroatoms. The SMILES string of the molecule is CCOC(=O)C1CCN(C(=NC)NCc2ccc(F)c(CN(C)C)c2)CC1.I. The first kappa shape index (κ1) is 24.6. The molecule has 0 aliphatic carbocycles. The summed E-state index contributed by atoms with van der Waals surface area (Å²) in [6, 6.07) is 5.20. The van der Waals surface area contributed by atoms with Crippen LogP contribution in [0.1, 0.15) is 30.9 Å². The molecular formula is C20H32FIN4O2. The third kappa shape index (κ3) is 7.20. The topological polar surface area (TPSA) is 57.2 Å². The zero-order valence-electron chi connectivity index (χ0n) is 17.2. The van der Waals surface area contributed by atoms with Crippen LogP contribution in [0.2, 0.25) is 0 Å². The first-order valence-corrected chi connectivity index (χ1v) is 9.48. The predicted octanol–water partition coefficient (Wildman–Crippen LogP) is 2.86. The zero-order chi connectivity index (χ0) is 19.8. The van der Waals surface area contributed by atoms with Crippen molar-refractivity contribution in [1.29, 1.82) is 0 Å². The lowest BCUT2D eigenvalue weighted by Gasteiger charge is -2.33. The zero-order valence-corrected chi connectivity index (χ0v) is 19.5. The van der Waals surface area contributed by atoms with E-state index in [9.17, 15) is 9.18 Å². The summed E-state index contributed by atoms with van der Waals surface area (Å²) in [6.45, 7) is 4.92. The number of nitrogens with zero attached hydrogens (tertiary/aromatic N) is 3. The Hall–Kier alpha value is -1.42. The Morgan fingerprint density at radius 1 is 1.36 bits per heavy atom. The summed E-state index contributed by atoms with van der Waals surface area (Å²) in [6.07, 6.45) is 1.53. The second-order valence-corrected chi connectivity index (χ2v) is 7.08. The van der Waals surface area contributed by atoms with Crippen molar-refractivity contribution < 1.29 is 13.9 Å². The van der Waals surface area contributed by atoms with Gasteiger partial charge in [0.2, 0.25) is 0 Å². The smallest absolute Gasteiger partial charge is 0.309 e. The number of esters is 1. The van der Waals surface area contributed by atoms with Gasteiger partial charge in [-0.15, -0.1) is 24.0 Å². The van der Waals surface area contributed by atoms with E-state index in [1.807, 2.05) is 32.0 Å². The van der Waals surface area contributed by atoms with Gasteiger partial charge in [-0.3, -0.25) is 9.79 Å². The fraction of sp³-hybridized carbons (Fsp3) is 0.600. The van der Waals surface area contributed by atoms with E-state index in [4.69, 9.17) is 4.74 Å². The molecule has 1 aliphatic rings. The molecular weight excluding hydrogens is 474 g/mol. The average molecular weight is 506 g/mol. The number of halogens is 2. The number of carbonyl (C=O) groups excluding carboxylic acids is 1. The molecule has 158 valence electrons. The number of guanidine groups is 1. The van der Waals surface area contributed by atoms with Crippen LogP contribution in [-0.2, 0) is 22.6 Å². The van der Waals surface area contributed by atoms with Gasteiger partial charge < -0.3 is 19.9 Å². The van der Waals surface area contributed by atoms with Crippen LogP contribution >= 0.6 is 24.0 Å². The van der Waals surface area contributed by atoms with Gasteiger partial charge >= 0.3 is 5.97 Å². The normalized spacial score (nSPS) is 15.4. The summed E-state index contributed by atoms with van der Waals surface area (Å²) < 4.78 is 19.0. The van der Waals surface area contributed by atoms with E-state index < -0.39 is 0 Å². The van der Waals surface area contributed by atoms with Crippen LogP contribution in [0.4, 0.5) is 4.39 Å². The van der Waals surface area contributed by atoms with Gasteiger partial charge in [0.1, 0.15) is 5.82 Å². The van der Waals surface area contributed by atoms with E-state index >= 15 is 0 Å². The first-order chi connectivity index (χ1) is 12.9. The van der Waals surface area contributed by atoms with E-state index in [0.717, 1.165) is 37.5 Å². The van der Waals surface area contributed by atoms with Crippen LogP contribution in [0.5, 0.6) is 0 Å². The minimum absolute atomic E-state index is 0. The summed E-state index contributed by atoms with van der Waals surface area (Å²) in [4.78, 5) is 20.3. The Bertz CT molecular complexity index is 662. The van der Waals surface area contributed by atoms with Gasteiger partial charge in [-0.2, -0.15) is 0 Å². The molecule has 1 N–H and O–H groups in total. The first-order valence-electron chi connectivity index (χ1n) is 9.48. The van der Waals surface area contributed by atoms with Gasteiger partial charge in [-0.05, 0) is 51.6 Å². The van der Waals surface area contributed by atoms with Crippen molar-refractivity contribution in [3.8, 4) is 0 Å². The third-order valence-electron chi connectivity index (χ3n) is 4.67. The van der Waals surface area contributed by atoms with Crippen molar-refractivity contribution in [2.45, 2.75) is 32.9 Å². The van der Waals surface area contributed by atoms with E-state index in [1.54, 1.807) is 13.1 Å². The van der Waals surface area contributed by atoms with Crippen LogP contribution in [0.15, 0.2) is 23.2 Å². The third-order valence-corrected chi connectivity index (χ3v) is 4.67. The van der Waals surface area contributed by atoms with Crippen molar-refractivity contribution in [2.24, 2.45) is 10.9 Å². The van der Waals surface area contributed by atoms with Crippen LogP contribution in [0.25, 0.3) is 0 Å². The second kappa shape index (κ2) is 12.2. The molecule has 1 fully saturated rings. The Balaban J connectivity index is 0.00000392. The molecule has 0 bridgehead atoms. The number of benzene rings is 1. The summed E-state index contributed by atoms with van der Waals surface area (Å²) >= 11 is 0. The molecule has 1 saturated heterocycles. The minimum atomic E-state index is -0.183. The van der Waals surface area contributed by atoms with E-state index in [0.29, 0.717) is 25.3 Å². The van der Waals surface area contributed by atoms with Gasteiger partial charge in [0.25, 0.3) is 0 Å². The lowest BCUT2D eigenvalue weighted by molar-refractivity contribution is -0.149. The van der Waals surface area contributed by atoms with Crippen molar-refractivity contribution in [1.82, 2.24) is 15.1 Å². The number of piperidine rings is 1. The molecule has 0 amide bonds. The number of hydrogen-bond donors (Lipinski definition) is 1. The molecule has 0 aromatic heterocycles. The van der Waals surface area contributed by atoms with Gasteiger partial charge in [-0.1, -0.05) is 6.07 Å². The highest BCUT2D eigenvalue weighted by atomic mass is 127. The highest BCUT2D eigenvalue weighted by Crippen LogP contribution is 2.19. The highest BCUT2D eigenvalue weighted by molar-refractivity contribution is 14.0. The molecule has 1 aliphatic heterocycles.